The predicted molar refractivity (Wildman–Crippen MR) is 111 cm³/mol. The molecule has 4 aliphatic rings. The Morgan fingerprint density at radius 2 is 1.87 bits per heavy atom. The van der Waals surface area contributed by atoms with Gasteiger partial charge in [-0.3, -0.25) is 19.5 Å². The van der Waals surface area contributed by atoms with E-state index in [2.05, 4.69) is 16.0 Å². The summed E-state index contributed by atoms with van der Waals surface area (Å²) in [4.78, 5) is 47.8. The number of carbonyl (C=O) groups excluding carboxylic acids is 2. The molecule has 1 atom stereocenters. The van der Waals surface area contributed by atoms with Gasteiger partial charge in [-0.1, -0.05) is 0 Å². The van der Waals surface area contributed by atoms with E-state index in [0.717, 1.165) is 51.9 Å². The number of aliphatic carboxylic acids is 1. The summed E-state index contributed by atoms with van der Waals surface area (Å²) < 4.78 is 0. The van der Waals surface area contributed by atoms with Crippen LogP contribution in [0, 0.1) is 5.41 Å². The molecule has 0 aromatic carbocycles. The molecule has 0 saturated carbocycles. The highest BCUT2D eigenvalue weighted by Gasteiger charge is 2.44. The van der Waals surface area contributed by atoms with Gasteiger partial charge >= 0.3 is 12.0 Å². The number of aliphatic imine (C=N–C) groups is 1. The Morgan fingerprint density at radius 3 is 2.53 bits per heavy atom. The van der Waals surface area contributed by atoms with E-state index in [9.17, 15) is 14.4 Å². The first kappa shape index (κ1) is 20.8. The highest BCUT2D eigenvalue weighted by Crippen LogP contribution is 2.41. The minimum Gasteiger partial charge on any atom is -0.481 e. The summed E-state index contributed by atoms with van der Waals surface area (Å²) in [5, 5.41) is 8.80. The molecule has 0 radical (unpaired) electrons. The number of carbonyl (C=O) groups is 3. The quantitative estimate of drug-likeness (QED) is 0.732. The van der Waals surface area contributed by atoms with Gasteiger partial charge in [-0.05, 0) is 43.8 Å². The zero-order valence-corrected chi connectivity index (χ0v) is 17.4. The van der Waals surface area contributed by atoms with E-state index in [-0.39, 0.29) is 36.9 Å². The molecule has 1 spiro atoms. The third kappa shape index (κ3) is 4.50. The lowest BCUT2D eigenvalue weighted by atomic mass is 9.77. The maximum Gasteiger partial charge on any atom is 0.320 e. The zero-order valence-electron chi connectivity index (χ0n) is 17.4. The largest absolute Gasteiger partial charge is 0.481 e. The van der Waals surface area contributed by atoms with Crippen LogP contribution in [0.1, 0.15) is 32.1 Å². The molecule has 9 nitrogen and oxygen atoms in total. The summed E-state index contributed by atoms with van der Waals surface area (Å²) in [6.45, 7) is 4.75. The number of nitrogens with zero attached hydrogens (tertiary/aromatic N) is 5. The van der Waals surface area contributed by atoms with Crippen LogP contribution in [-0.2, 0) is 9.59 Å². The van der Waals surface area contributed by atoms with Crippen LogP contribution in [0.15, 0.2) is 17.3 Å². The number of hydrogen-bond donors (Lipinski definition) is 1. The molecule has 1 unspecified atom stereocenters. The number of piperidine rings is 1. The second kappa shape index (κ2) is 8.75. The first-order valence-electron chi connectivity index (χ1n) is 10.9. The molecule has 0 aromatic heterocycles. The number of amides is 3. The van der Waals surface area contributed by atoms with Crippen molar-refractivity contribution < 1.29 is 19.5 Å². The molecule has 164 valence electrons. The molecule has 0 aromatic rings. The summed E-state index contributed by atoms with van der Waals surface area (Å²) >= 11 is 0. The molecule has 0 bridgehead atoms. The van der Waals surface area contributed by atoms with Gasteiger partial charge in [0.25, 0.3) is 0 Å². The third-order valence-electron chi connectivity index (χ3n) is 7.07. The fourth-order valence-electron chi connectivity index (χ4n) is 5.10. The number of likely N-dealkylation sites (tertiary alicyclic amines) is 2. The van der Waals surface area contributed by atoms with Crippen LogP contribution < -0.4 is 0 Å². The zero-order chi connectivity index (χ0) is 21.1. The fraction of sp³-hybridized carbons (Fsp3) is 0.714. The molecule has 0 aliphatic carbocycles. The lowest BCUT2D eigenvalue weighted by Gasteiger charge is -2.42. The van der Waals surface area contributed by atoms with E-state index in [1.807, 2.05) is 17.3 Å². The maximum absolute atomic E-state index is 13.0. The standard InChI is InChI=1S/C21H31N5O4/c27-18-15-25(14-13-24(18)9-3-19(28)29)20(30)26-12-6-21(16-26)4-10-23(11-5-21)17-1-7-22-8-2-17/h1,7-8,17H,2-6,9-16H2,(H,28,29). The Hall–Kier alpha value is -2.42. The minimum atomic E-state index is -0.914. The fourth-order valence-corrected chi connectivity index (χ4v) is 5.10. The Morgan fingerprint density at radius 1 is 1.10 bits per heavy atom. The molecule has 3 saturated heterocycles. The highest BCUT2D eigenvalue weighted by atomic mass is 16.4. The van der Waals surface area contributed by atoms with Crippen molar-refractivity contribution in [2.75, 3.05) is 52.4 Å². The van der Waals surface area contributed by atoms with Crippen LogP contribution in [0.5, 0.6) is 0 Å². The number of carboxylic acid groups (broad SMARTS) is 1. The van der Waals surface area contributed by atoms with E-state index >= 15 is 0 Å². The first-order valence-corrected chi connectivity index (χ1v) is 10.9. The van der Waals surface area contributed by atoms with Crippen molar-refractivity contribution in [2.45, 2.75) is 38.1 Å². The monoisotopic (exact) mass is 417 g/mol. The minimum absolute atomic E-state index is 0.0469. The topological polar surface area (TPSA) is 96.8 Å². The van der Waals surface area contributed by atoms with Gasteiger partial charge < -0.3 is 19.8 Å². The Balaban J connectivity index is 1.26. The highest BCUT2D eigenvalue weighted by molar-refractivity contribution is 5.85. The number of urea groups is 1. The number of hydrogen-bond acceptors (Lipinski definition) is 5. The second-order valence-corrected chi connectivity index (χ2v) is 8.91. The lowest BCUT2D eigenvalue weighted by Crippen LogP contribution is -2.55. The van der Waals surface area contributed by atoms with E-state index in [1.54, 1.807) is 9.80 Å². The predicted octanol–water partition coefficient (Wildman–Crippen LogP) is 0.870. The van der Waals surface area contributed by atoms with Crippen LogP contribution in [-0.4, -0.2) is 107 Å². The first-order chi connectivity index (χ1) is 14.5. The maximum atomic E-state index is 13.0. The van der Waals surface area contributed by atoms with Crippen LogP contribution in [0.4, 0.5) is 4.79 Å². The van der Waals surface area contributed by atoms with Crippen molar-refractivity contribution in [2.24, 2.45) is 10.4 Å². The molecule has 30 heavy (non-hydrogen) atoms. The van der Waals surface area contributed by atoms with Crippen molar-refractivity contribution in [3.05, 3.63) is 12.3 Å². The van der Waals surface area contributed by atoms with Gasteiger partial charge in [-0.25, -0.2) is 4.79 Å². The van der Waals surface area contributed by atoms with Gasteiger partial charge in [0, 0.05) is 57.6 Å². The van der Waals surface area contributed by atoms with E-state index in [1.165, 1.54) is 0 Å². The average Bonchev–Trinajstić information content (AvgIpc) is 3.17. The van der Waals surface area contributed by atoms with E-state index in [0.29, 0.717) is 19.1 Å². The van der Waals surface area contributed by atoms with Crippen molar-refractivity contribution in [1.29, 1.82) is 0 Å². The summed E-state index contributed by atoms with van der Waals surface area (Å²) in [7, 11) is 0. The van der Waals surface area contributed by atoms with Crippen LogP contribution in [0.2, 0.25) is 0 Å². The van der Waals surface area contributed by atoms with Gasteiger partial charge in [0.15, 0.2) is 0 Å². The number of carboxylic acids is 1. The van der Waals surface area contributed by atoms with Crippen molar-refractivity contribution in [1.82, 2.24) is 19.6 Å². The van der Waals surface area contributed by atoms with E-state index < -0.39 is 5.97 Å². The molecule has 4 heterocycles. The SMILES string of the molecule is O=C(O)CCN1CCN(C(=O)N2CCC3(CCN(C4C=CN=CC4)CC3)C2)CC1=O. The van der Waals surface area contributed by atoms with E-state index in [4.69, 9.17) is 5.11 Å². The van der Waals surface area contributed by atoms with Gasteiger partial charge in [0.05, 0.1) is 6.42 Å². The molecule has 3 fully saturated rings. The summed E-state index contributed by atoms with van der Waals surface area (Å²) in [6, 6.07) is 0.398. The Kier molecular flexibility index (Phi) is 6.08. The average molecular weight is 418 g/mol. The van der Waals surface area contributed by atoms with Crippen molar-refractivity contribution in [3.8, 4) is 0 Å². The molecule has 9 heteroatoms. The van der Waals surface area contributed by atoms with Crippen LogP contribution in [0.25, 0.3) is 0 Å². The summed E-state index contributed by atoms with van der Waals surface area (Å²) in [5.41, 5.74) is 0.200. The lowest BCUT2D eigenvalue weighted by molar-refractivity contribution is -0.139. The molecule has 1 N–H and O–H groups in total. The Labute approximate surface area is 177 Å². The number of piperazine rings is 1. The molecule has 4 rings (SSSR count). The van der Waals surface area contributed by atoms with Crippen LogP contribution in [0.3, 0.4) is 0 Å². The van der Waals surface area contributed by atoms with Gasteiger partial charge in [-0.15, -0.1) is 0 Å². The number of rotatable bonds is 4. The summed E-state index contributed by atoms with van der Waals surface area (Å²) in [5.74, 6) is -1.08. The third-order valence-corrected chi connectivity index (χ3v) is 7.07. The molecular formula is C21H31N5O4. The van der Waals surface area contributed by atoms with Gasteiger partial charge in [0.2, 0.25) is 5.91 Å². The van der Waals surface area contributed by atoms with Crippen molar-refractivity contribution in [3.63, 3.8) is 0 Å². The Bertz CT molecular complexity index is 744. The summed E-state index contributed by atoms with van der Waals surface area (Å²) in [6.07, 6.45) is 10.2. The normalized spacial score (nSPS) is 26.6. The smallest absolute Gasteiger partial charge is 0.320 e. The molecule has 3 amide bonds. The molecule has 4 aliphatic heterocycles. The van der Waals surface area contributed by atoms with Crippen LogP contribution >= 0.6 is 0 Å². The van der Waals surface area contributed by atoms with Gasteiger partial charge in [-0.2, -0.15) is 0 Å². The molecular weight excluding hydrogens is 386 g/mol. The van der Waals surface area contributed by atoms with Crippen molar-refractivity contribution >= 4 is 24.1 Å². The second-order valence-electron chi connectivity index (χ2n) is 8.91. The van der Waals surface area contributed by atoms with Gasteiger partial charge in [0.1, 0.15) is 6.54 Å².